The summed E-state index contributed by atoms with van der Waals surface area (Å²) < 4.78 is 256. The third-order valence-electron chi connectivity index (χ3n) is 19.5. The van der Waals surface area contributed by atoms with Crippen molar-refractivity contribution in [1.82, 2.24) is 0 Å². The number of hydrogen-bond donors (Lipinski definition) is 0. The predicted octanol–water partition coefficient (Wildman–Crippen LogP) is 29.9. The maximum Gasteiger partial charge on any atom is 0.0629 e. The van der Waals surface area contributed by atoms with Gasteiger partial charge in [0.1, 0.15) is 0 Å². The first kappa shape index (κ1) is 39.6. The van der Waals surface area contributed by atoms with Crippen LogP contribution in [0.4, 0.5) is 0 Å². The highest BCUT2D eigenvalue weighted by Crippen LogP contribution is 2.50. The lowest BCUT2D eigenvalue weighted by Gasteiger charge is -2.20. The molecule has 0 aliphatic rings. The molecule has 0 amide bonds. The molecule has 494 valence electrons. The predicted molar refractivity (Wildman–Crippen MR) is 458 cm³/mol. The third kappa shape index (κ3) is 11.4. The molecule has 21 rings (SSSR count). The third-order valence-corrected chi connectivity index (χ3v) is 19.5. The van der Waals surface area contributed by atoms with Gasteiger partial charge in [0.15, 0.2) is 0 Å². The van der Waals surface area contributed by atoms with Crippen molar-refractivity contribution in [3.63, 3.8) is 0 Å². The van der Waals surface area contributed by atoms with E-state index in [9.17, 15) is 5.48 Å². The lowest BCUT2D eigenvalue weighted by Crippen LogP contribution is -1.92. The largest absolute Gasteiger partial charge is 0.0629 e. The fourth-order valence-corrected chi connectivity index (χ4v) is 14.9. The Bertz CT molecular complexity index is 8510. The van der Waals surface area contributed by atoms with Crippen LogP contribution in [0.2, 0.25) is 0 Å². The van der Waals surface area contributed by atoms with Crippen LogP contribution in [0.5, 0.6) is 0 Å². The zero-order valence-corrected chi connectivity index (χ0v) is 56.2. The molecule has 21 aromatic rings. The van der Waals surface area contributed by atoms with Crippen LogP contribution in [0.25, 0.3) is 197 Å². The highest BCUT2D eigenvalue weighted by atomic mass is 14.3. The van der Waals surface area contributed by atoms with Crippen LogP contribution in [0.15, 0.2) is 424 Å². The first-order chi connectivity index (χ1) is 64.7. The van der Waals surface area contributed by atoms with E-state index in [1.807, 2.05) is 182 Å². The van der Waals surface area contributed by atoms with Gasteiger partial charge in [0.2, 0.25) is 0 Å². The van der Waals surface area contributed by atoms with E-state index in [0.29, 0.717) is 60.8 Å². The van der Waals surface area contributed by atoms with E-state index in [1.54, 1.807) is 66.7 Å². The summed E-state index contributed by atoms with van der Waals surface area (Å²) in [6.45, 7) is 0. The molecule has 0 bridgehead atoms. The smallest absolute Gasteiger partial charge is 0.0622 e. The molecule has 0 unspecified atom stereocenters. The Hall–Kier alpha value is -13.8. The van der Waals surface area contributed by atoms with Gasteiger partial charge in [-0.2, -0.15) is 0 Å². The second-order valence-electron chi connectivity index (χ2n) is 25.4. The second kappa shape index (κ2) is 27.5. The van der Waals surface area contributed by atoms with E-state index in [2.05, 4.69) is 0 Å². The summed E-state index contributed by atoms with van der Waals surface area (Å²) in [7, 11) is 0. The quantitative estimate of drug-likeness (QED) is 0.133. The van der Waals surface area contributed by atoms with E-state index in [1.165, 1.54) is 0 Å². The fourth-order valence-electron chi connectivity index (χ4n) is 14.9. The molecule has 0 nitrogen and oxygen atoms in total. The van der Waals surface area contributed by atoms with E-state index in [0.717, 1.165) is 43.4 Å². The van der Waals surface area contributed by atoms with E-state index < -0.39 is 127 Å². The molecule has 0 heterocycles. The lowest BCUT2D eigenvalue weighted by atomic mass is 9.83. The van der Waals surface area contributed by atoms with Gasteiger partial charge in [-0.25, -0.2) is 0 Å². The Labute approximate surface area is 658 Å². The Morgan fingerprint density at radius 2 is 0.434 bits per heavy atom. The summed E-state index contributed by atoms with van der Waals surface area (Å²) in [4.78, 5) is 0. The van der Waals surface area contributed by atoms with Crippen molar-refractivity contribution in [3.8, 4) is 89.0 Å². The van der Waals surface area contributed by atoms with Crippen LogP contribution in [-0.2, 0) is 0 Å². The number of benzene rings is 21. The topological polar surface area (TPSA) is 0 Å². The molecule has 0 radical (unpaired) electrons. The maximum atomic E-state index is 9.19. The summed E-state index contributed by atoms with van der Waals surface area (Å²) in [6, 6.07) is 64.5. The lowest BCUT2D eigenvalue weighted by molar-refractivity contribution is 1.61. The summed E-state index contributed by atoms with van der Waals surface area (Å²) in [5.41, 5.74) is 6.72. The normalized spacial score (nSPS) is 15.2. The van der Waals surface area contributed by atoms with Crippen molar-refractivity contribution in [2.45, 2.75) is 0 Å². The van der Waals surface area contributed by atoms with Gasteiger partial charge in [-0.1, -0.05) is 400 Å². The zero-order chi connectivity index (χ0) is 95.5. The van der Waals surface area contributed by atoms with Crippen molar-refractivity contribution in [2.24, 2.45) is 0 Å². The Morgan fingerprint density at radius 3 is 0.896 bits per heavy atom. The van der Waals surface area contributed by atoms with Crippen LogP contribution in [-0.4, -0.2) is 0 Å². The van der Waals surface area contributed by atoms with Gasteiger partial charge in [-0.3, -0.25) is 0 Å². The molecule has 0 aliphatic heterocycles. The molecule has 0 spiro atoms. The zero-order valence-electron chi connectivity index (χ0n) is 85.2. The molecule has 0 aromatic heterocycles. The van der Waals surface area contributed by atoms with Crippen molar-refractivity contribution in [1.29, 1.82) is 0 Å². The molecule has 0 atom stereocenters. The Balaban J connectivity index is 0.000000130. The van der Waals surface area contributed by atoms with Crippen molar-refractivity contribution in [3.05, 3.63) is 424 Å². The summed E-state index contributed by atoms with van der Waals surface area (Å²) >= 11 is 0. The van der Waals surface area contributed by atoms with E-state index in [-0.39, 0.29) is 141 Å². The fraction of sp³-hybridized carbons (Fsp3) is 0. The van der Waals surface area contributed by atoms with Gasteiger partial charge >= 0.3 is 0 Å². The average Bonchev–Trinajstić information content (AvgIpc) is 0.703. The van der Waals surface area contributed by atoms with Gasteiger partial charge in [-0.15, -0.1) is 0 Å². The van der Waals surface area contributed by atoms with Gasteiger partial charge in [0.05, 0.1) is 39.8 Å². The highest BCUT2D eigenvalue weighted by Gasteiger charge is 2.23. The molecule has 21 aromatic carbocycles. The summed E-state index contributed by atoms with van der Waals surface area (Å²) in [6.07, 6.45) is 0. The molecule has 0 fully saturated rings. The minimum atomic E-state index is -0.556. The van der Waals surface area contributed by atoms with Crippen molar-refractivity contribution in [2.75, 3.05) is 0 Å². The highest BCUT2D eigenvalue weighted by molar-refractivity contribution is 6.26. The molecule has 0 aliphatic carbocycles. The van der Waals surface area contributed by atoms with Gasteiger partial charge < -0.3 is 0 Å². The monoisotopic (exact) mass is 1370 g/mol. The first-order valence-corrected chi connectivity index (χ1v) is 34.3. The van der Waals surface area contributed by atoms with Gasteiger partial charge in [0, 0.05) is 0 Å². The maximum absolute atomic E-state index is 9.19. The summed E-state index contributed by atoms with van der Waals surface area (Å²) in [5, 5.41) is 8.43. The molecule has 0 heteroatoms. The molecule has 0 saturated heterocycles. The van der Waals surface area contributed by atoms with Crippen LogP contribution in [0, 0.1) is 0 Å². The average molecular weight is 1370 g/mol. The standard InChI is InChI=1S/2C36H24.C34H22/c1-3-13-25(14-4-1)34-24-28(23-27-17-7-8-18-29(27)34)36-32-21-11-9-19-30(32)35(26-15-5-2-6-16-26)31-20-10-12-22-33(31)36;1-2-13-26(14-3-1)29-16-6-7-17-30(29)36-33-20-10-8-18-31(33)35(32-19-9-11-21-34(32)36)28-23-22-25-12-4-5-15-27(25)24-28;1-2-12-25-22-26(21-20-23(25)10-1)33-29-15-5-7-17-31(29)34(32-18-8-6-16-30(32)33)28-19-9-13-24-11-3-4-14-27(24)28/h2*1-24H;1-22H/i1D,3D,4D,9D,10D,11D,12D,13D,14D,19D,20D,21D,22D;8D,9D,10D,11D,18D,19D,20D,21D;5D,6D,7D,8D,15D,16D,17D,18D. The van der Waals surface area contributed by atoms with E-state index >= 15 is 0 Å². The van der Waals surface area contributed by atoms with Crippen molar-refractivity contribution >= 4 is 108 Å². The number of rotatable bonds is 8. The molecular formula is C106H70. The second-order valence-corrected chi connectivity index (χ2v) is 25.4. The van der Waals surface area contributed by atoms with Crippen LogP contribution < -0.4 is 0 Å². The Morgan fingerprint density at radius 1 is 0.132 bits per heavy atom. The molecular weight excluding hydrogens is 1270 g/mol. The van der Waals surface area contributed by atoms with Gasteiger partial charge in [-0.05, 0) is 221 Å². The molecule has 0 N–H and O–H groups in total. The van der Waals surface area contributed by atoms with Crippen LogP contribution in [0.1, 0.15) is 39.8 Å². The van der Waals surface area contributed by atoms with Crippen LogP contribution in [0.3, 0.4) is 0 Å². The van der Waals surface area contributed by atoms with E-state index in [4.69, 9.17) is 34.3 Å². The Kier molecular flexibility index (Phi) is 10.3. The van der Waals surface area contributed by atoms with Crippen LogP contribution >= 0.6 is 0 Å². The first-order valence-electron chi connectivity index (χ1n) is 48.8. The van der Waals surface area contributed by atoms with Gasteiger partial charge in [0.25, 0.3) is 0 Å². The summed E-state index contributed by atoms with van der Waals surface area (Å²) in [5.74, 6) is 0. The number of hydrogen-bond acceptors (Lipinski definition) is 0. The van der Waals surface area contributed by atoms with Crippen molar-refractivity contribution < 1.29 is 39.8 Å². The minimum Gasteiger partial charge on any atom is -0.0622 e. The number of fused-ring (bicyclic) bond motifs is 10. The SMILES string of the molecule is [2H]c1c([2H])c([2H])c(-c2cc(-c3c4c([2H])c([2H])c([2H])c([2H])c4c(-c4ccccc4)c4c([2H])c([2H])c([2H])c([2H])c34)cc3ccccc23)c([2H])c1[2H].[2H]c1c([2H])c([2H])c2c(-c3cccc4ccccc34)c3c([2H])c([2H])c([2H])c([2H])c3c(-c3ccc4ccccc4c3)c2c1[2H].[2H]c1c([2H])c([2H])c2c(-c3ccccc3-c3ccccc3)c3c([2H])c([2H])c([2H])c([2H])c3c(-c3ccc4ccccc4c3)c2c1[2H]. The molecule has 0 saturated carbocycles. The molecule has 106 heavy (non-hydrogen) atoms. The minimum absolute atomic E-state index is 0.0182.